The smallest absolute Gasteiger partial charge is 0.244 e. The number of hydrogen-bond donors (Lipinski definition) is 1. The molecule has 2 rings (SSSR count). The minimum Gasteiger partial charge on any atom is -0.352 e. The number of benzene rings is 2. The van der Waals surface area contributed by atoms with Crippen LogP contribution in [0.3, 0.4) is 0 Å². The van der Waals surface area contributed by atoms with Crippen molar-refractivity contribution in [2.45, 2.75) is 39.4 Å². The Morgan fingerprint density at radius 3 is 2.10 bits per heavy atom. The van der Waals surface area contributed by atoms with Crippen LogP contribution in [0.15, 0.2) is 54.6 Å². The van der Waals surface area contributed by atoms with Crippen LogP contribution < -0.4 is 9.62 Å². The quantitative estimate of drug-likeness (QED) is 0.481. The van der Waals surface area contributed by atoms with E-state index in [-0.39, 0.29) is 18.5 Å². The lowest BCUT2D eigenvalue weighted by molar-refractivity contribution is -0.139. The van der Waals surface area contributed by atoms with Crippen molar-refractivity contribution in [2.75, 3.05) is 17.1 Å². The van der Waals surface area contributed by atoms with Crippen molar-refractivity contribution in [3.63, 3.8) is 0 Å². The summed E-state index contributed by atoms with van der Waals surface area (Å²) in [4.78, 5) is 27.4. The molecule has 0 radical (unpaired) electrons. The van der Waals surface area contributed by atoms with Crippen molar-refractivity contribution in [3.8, 4) is 0 Å². The maximum atomic E-state index is 13.3. The molecule has 168 valence electrons. The molecule has 0 aliphatic rings. The van der Waals surface area contributed by atoms with Gasteiger partial charge in [0, 0.05) is 16.2 Å². The number of carbonyl (C=O) groups is 2. The number of carbonyl (C=O) groups excluding carboxylic acids is 2. The molecule has 0 bridgehead atoms. The highest BCUT2D eigenvalue weighted by molar-refractivity contribution is 14.1. The first-order chi connectivity index (χ1) is 14.5. The molecule has 0 saturated carbocycles. The molecule has 0 fully saturated rings. The van der Waals surface area contributed by atoms with Gasteiger partial charge in [-0.15, -0.1) is 0 Å². The van der Waals surface area contributed by atoms with Crippen LogP contribution in [-0.2, 0) is 26.2 Å². The zero-order chi connectivity index (χ0) is 23.2. The van der Waals surface area contributed by atoms with E-state index in [4.69, 9.17) is 0 Å². The summed E-state index contributed by atoms with van der Waals surface area (Å²) >= 11 is 2.13. The number of nitrogens with zero attached hydrogens (tertiary/aromatic N) is 2. The van der Waals surface area contributed by atoms with Gasteiger partial charge < -0.3 is 10.2 Å². The average molecular weight is 557 g/mol. The van der Waals surface area contributed by atoms with Crippen LogP contribution in [0.2, 0.25) is 0 Å². The standard InChI is InChI=1S/C22H28IN3O4S/c1-16(2)24-22(28)17(3)25(14-18-8-6-5-7-9-18)21(27)15-26(31(4,29)30)20-12-10-19(23)11-13-20/h5-13,16-17H,14-15H2,1-4H3,(H,24,28)/t17-/m0/s1. The second kappa shape index (κ2) is 10.9. The van der Waals surface area contributed by atoms with E-state index in [2.05, 4.69) is 27.9 Å². The first kappa shape index (κ1) is 25.1. The van der Waals surface area contributed by atoms with Crippen LogP contribution in [0, 0.1) is 3.57 Å². The molecule has 9 heteroatoms. The van der Waals surface area contributed by atoms with Crippen LogP contribution in [0.4, 0.5) is 5.69 Å². The fraction of sp³-hybridized carbons (Fsp3) is 0.364. The normalized spacial score (nSPS) is 12.3. The van der Waals surface area contributed by atoms with Crippen molar-refractivity contribution in [3.05, 3.63) is 63.7 Å². The zero-order valence-corrected chi connectivity index (χ0v) is 21.1. The van der Waals surface area contributed by atoms with E-state index in [1.54, 1.807) is 31.2 Å². The summed E-state index contributed by atoms with van der Waals surface area (Å²) in [6.45, 7) is 5.13. The van der Waals surface area contributed by atoms with Gasteiger partial charge in [0.1, 0.15) is 12.6 Å². The molecule has 1 N–H and O–H groups in total. The summed E-state index contributed by atoms with van der Waals surface area (Å²) in [5.74, 6) is -0.751. The van der Waals surface area contributed by atoms with Gasteiger partial charge in [-0.1, -0.05) is 30.3 Å². The van der Waals surface area contributed by atoms with Crippen LogP contribution in [-0.4, -0.2) is 50.0 Å². The van der Waals surface area contributed by atoms with Crippen LogP contribution in [0.1, 0.15) is 26.3 Å². The highest BCUT2D eigenvalue weighted by atomic mass is 127. The molecule has 0 spiro atoms. The monoisotopic (exact) mass is 557 g/mol. The summed E-state index contributed by atoms with van der Waals surface area (Å²) < 4.78 is 26.9. The van der Waals surface area contributed by atoms with E-state index in [0.29, 0.717) is 5.69 Å². The second-order valence-corrected chi connectivity index (χ2v) is 10.7. The SMILES string of the molecule is CC(C)NC(=O)[C@H](C)N(Cc1ccccc1)C(=O)CN(c1ccc(I)cc1)S(C)(=O)=O. The number of hydrogen-bond acceptors (Lipinski definition) is 4. The highest BCUT2D eigenvalue weighted by Crippen LogP contribution is 2.20. The molecular weight excluding hydrogens is 529 g/mol. The molecule has 31 heavy (non-hydrogen) atoms. The Morgan fingerprint density at radius 1 is 1.00 bits per heavy atom. The molecule has 0 aliphatic carbocycles. The topological polar surface area (TPSA) is 86.8 Å². The zero-order valence-electron chi connectivity index (χ0n) is 18.1. The molecule has 0 heterocycles. The summed E-state index contributed by atoms with van der Waals surface area (Å²) in [7, 11) is -3.71. The second-order valence-electron chi connectivity index (χ2n) is 7.59. The number of anilines is 1. The Morgan fingerprint density at radius 2 is 1.58 bits per heavy atom. The van der Waals surface area contributed by atoms with Crippen molar-refractivity contribution >= 4 is 50.1 Å². The van der Waals surface area contributed by atoms with Crippen LogP contribution in [0.25, 0.3) is 0 Å². The average Bonchev–Trinajstić information content (AvgIpc) is 2.70. The van der Waals surface area contributed by atoms with E-state index in [0.717, 1.165) is 19.7 Å². The van der Waals surface area contributed by atoms with Crippen molar-refractivity contribution in [2.24, 2.45) is 0 Å². The van der Waals surface area contributed by atoms with Gasteiger partial charge >= 0.3 is 0 Å². The Hall–Kier alpha value is -2.14. The molecular formula is C22H28IN3O4S. The molecule has 7 nitrogen and oxygen atoms in total. The van der Waals surface area contributed by atoms with Gasteiger partial charge in [-0.2, -0.15) is 0 Å². The lowest BCUT2D eigenvalue weighted by Gasteiger charge is -2.31. The van der Waals surface area contributed by atoms with Gasteiger partial charge in [-0.3, -0.25) is 13.9 Å². The molecule has 1 atom stereocenters. The lowest BCUT2D eigenvalue weighted by Crippen LogP contribution is -2.52. The number of halogens is 1. The van der Waals surface area contributed by atoms with E-state index in [9.17, 15) is 18.0 Å². The molecule has 0 aromatic heterocycles. The predicted molar refractivity (Wildman–Crippen MR) is 131 cm³/mol. The first-order valence-electron chi connectivity index (χ1n) is 9.86. The third-order valence-corrected chi connectivity index (χ3v) is 6.45. The minimum atomic E-state index is -3.71. The third kappa shape index (κ3) is 7.49. The lowest BCUT2D eigenvalue weighted by atomic mass is 10.1. The van der Waals surface area contributed by atoms with E-state index in [1.807, 2.05) is 44.2 Å². The first-order valence-corrected chi connectivity index (χ1v) is 12.8. The number of sulfonamides is 1. The number of rotatable bonds is 9. The summed E-state index contributed by atoms with van der Waals surface area (Å²) in [5.41, 5.74) is 1.25. The van der Waals surface area contributed by atoms with Crippen molar-refractivity contribution < 1.29 is 18.0 Å². The van der Waals surface area contributed by atoms with Gasteiger partial charge in [0.25, 0.3) is 0 Å². The van der Waals surface area contributed by atoms with Gasteiger partial charge in [-0.05, 0) is 73.2 Å². The summed E-state index contributed by atoms with van der Waals surface area (Å²) in [6, 6.07) is 15.3. The Kier molecular flexibility index (Phi) is 8.87. The largest absolute Gasteiger partial charge is 0.352 e. The van der Waals surface area contributed by atoms with E-state index >= 15 is 0 Å². The fourth-order valence-corrected chi connectivity index (χ4v) is 4.20. The molecule has 0 aliphatic heterocycles. The van der Waals surface area contributed by atoms with Gasteiger partial charge in [0.15, 0.2) is 0 Å². The summed E-state index contributed by atoms with van der Waals surface area (Å²) in [6.07, 6.45) is 1.06. The maximum Gasteiger partial charge on any atom is 0.244 e. The van der Waals surface area contributed by atoms with E-state index < -0.39 is 28.5 Å². The summed E-state index contributed by atoms with van der Waals surface area (Å²) in [5, 5.41) is 2.82. The predicted octanol–water partition coefficient (Wildman–Crippen LogP) is 3.00. The molecule has 2 aromatic carbocycles. The van der Waals surface area contributed by atoms with Crippen LogP contribution in [0.5, 0.6) is 0 Å². The number of amides is 2. The maximum absolute atomic E-state index is 13.3. The van der Waals surface area contributed by atoms with Gasteiger partial charge in [0.2, 0.25) is 21.8 Å². The van der Waals surface area contributed by atoms with Gasteiger partial charge in [0.05, 0.1) is 11.9 Å². The number of nitrogens with one attached hydrogen (secondary N) is 1. The Balaban J connectivity index is 2.35. The van der Waals surface area contributed by atoms with Gasteiger partial charge in [-0.25, -0.2) is 8.42 Å². The van der Waals surface area contributed by atoms with Crippen LogP contribution >= 0.6 is 22.6 Å². The fourth-order valence-electron chi connectivity index (χ4n) is 2.99. The highest BCUT2D eigenvalue weighted by Gasteiger charge is 2.30. The van der Waals surface area contributed by atoms with Crippen molar-refractivity contribution in [1.82, 2.24) is 10.2 Å². The van der Waals surface area contributed by atoms with Crippen molar-refractivity contribution in [1.29, 1.82) is 0 Å². The molecule has 2 aromatic rings. The minimum absolute atomic E-state index is 0.0806. The molecule has 0 saturated heterocycles. The molecule has 2 amide bonds. The molecule has 0 unspecified atom stereocenters. The third-order valence-electron chi connectivity index (χ3n) is 4.59. The van der Waals surface area contributed by atoms with E-state index in [1.165, 1.54) is 4.90 Å². The Labute approximate surface area is 198 Å². The Bertz CT molecular complexity index is 995.